The molecule has 0 atom stereocenters. The number of nitrogens with zero attached hydrogens (tertiary/aromatic N) is 1. The Balaban J connectivity index is 2.17. The minimum Gasteiger partial charge on any atom is -0.383 e. The first-order valence-corrected chi connectivity index (χ1v) is 9.06. The van der Waals surface area contributed by atoms with Gasteiger partial charge in [0.05, 0.1) is 12.3 Å². The molecular weight excluding hydrogens is 334 g/mol. The third-order valence-electron chi connectivity index (χ3n) is 4.81. The van der Waals surface area contributed by atoms with Crippen molar-refractivity contribution < 1.29 is 4.74 Å². The average molecular weight is 355 g/mol. The van der Waals surface area contributed by atoms with Gasteiger partial charge in [-0.15, -0.1) is 0 Å². The highest BCUT2D eigenvalue weighted by atomic mass is 16.5. The number of rotatable bonds is 5. The van der Waals surface area contributed by atoms with Crippen LogP contribution in [0.4, 0.5) is 0 Å². The lowest BCUT2D eigenvalue weighted by Crippen LogP contribution is -2.25. The number of pyridine rings is 1. The largest absolute Gasteiger partial charge is 0.383 e. The quantitative estimate of drug-likeness (QED) is 0.505. The second kappa shape index (κ2) is 7.60. The van der Waals surface area contributed by atoms with E-state index in [-0.39, 0.29) is 5.56 Å². The van der Waals surface area contributed by atoms with Crippen LogP contribution in [0.2, 0.25) is 0 Å². The van der Waals surface area contributed by atoms with Gasteiger partial charge >= 0.3 is 0 Å². The van der Waals surface area contributed by atoms with Crippen molar-refractivity contribution in [2.24, 2.45) is 0 Å². The van der Waals surface area contributed by atoms with Crippen LogP contribution in [-0.4, -0.2) is 18.3 Å². The van der Waals surface area contributed by atoms with Crippen molar-refractivity contribution in [3.05, 3.63) is 95.3 Å². The summed E-state index contributed by atoms with van der Waals surface area (Å²) < 4.78 is 7.14. The fourth-order valence-electron chi connectivity index (χ4n) is 3.59. The summed E-state index contributed by atoms with van der Waals surface area (Å²) in [6, 6.07) is 28.2. The van der Waals surface area contributed by atoms with Crippen LogP contribution in [0.3, 0.4) is 0 Å². The van der Waals surface area contributed by atoms with E-state index in [4.69, 9.17) is 4.74 Å². The molecular formula is C24H21NO2. The van der Waals surface area contributed by atoms with Gasteiger partial charge < -0.3 is 9.30 Å². The highest BCUT2D eigenvalue weighted by molar-refractivity contribution is 6.02. The summed E-state index contributed by atoms with van der Waals surface area (Å²) in [5.41, 5.74) is 4.14. The number of hydrogen-bond acceptors (Lipinski definition) is 2. The minimum absolute atomic E-state index is 0.0150. The van der Waals surface area contributed by atoms with Crippen molar-refractivity contribution >= 4 is 10.8 Å². The zero-order chi connectivity index (χ0) is 18.6. The molecule has 3 heteroatoms. The lowest BCUT2D eigenvalue weighted by atomic mass is 9.93. The van der Waals surface area contributed by atoms with Gasteiger partial charge in [-0.25, -0.2) is 0 Å². The van der Waals surface area contributed by atoms with Crippen molar-refractivity contribution in [2.75, 3.05) is 13.7 Å². The van der Waals surface area contributed by atoms with Crippen molar-refractivity contribution in [2.45, 2.75) is 6.54 Å². The number of benzene rings is 3. The van der Waals surface area contributed by atoms with E-state index >= 15 is 0 Å². The molecule has 0 aliphatic rings. The van der Waals surface area contributed by atoms with E-state index in [2.05, 4.69) is 24.3 Å². The lowest BCUT2D eigenvalue weighted by Gasteiger charge is -2.20. The fourth-order valence-corrected chi connectivity index (χ4v) is 3.59. The average Bonchev–Trinajstić information content (AvgIpc) is 2.74. The molecule has 0 aliphatic carbocycles. The highest BCUT2D eigenvalue weighted by Crippen LogP contribution is 2.36. The van der Waals surface area contributed by atoms with Crippen LogP contribution in [-0.2, 0) is 11.3 Å². The molecule has 0 fully saturated rings. The van der Waals surface area contributed by atoms with Crippen LogP contribution in [0.1, 0.15) is 0 Å². The van der Waals surface area contributed by atoms with Crippen molar-refractivity contribution in [3.63, 3.8) is 0 Å². The van der Waals surface area contributed by atoms with Crippen molar-refractivity contribution in [3.8, 4) is 22.4 Å². The fraction of sp³-hybridized carbons (Fsp3) is 0.125. The zero-order valence-electron chi connectivity index (χ0n) is 15.3. The third kappa shape index (κ3) is 3.18. The Hall–Kier alpha value is -3.17. The van der Waals surface area contributed by atoms with Gasteiger partial charge in [0, 0.05) is 24.6 Å². The summed E-state index contributed by atoms with van der Waals surface area (Å²) in [4.78, 5) is 13.3. The van der Waals surface area contributed by atoms with Gasteiger partial charge in [-0.05, 0) is 22.6 Å². The molecule has 4 aromatic rings. The number of methoxy groups -OCH3 is 1. The summed E-state index contributed by atoms with van der Waals surface area (Å²) >= 11 is 0. The summed E-state index contributed by atoms with van der Waals surface area (Å²) in [7, 11) is 1.66. The van der Waals surface area contributed by atoms with Crippen LogP contribution in [0.5, 0.6) is 0 Å². The van der Waals surface area contributed by atoms with Crippen LogP contribution < -0.4 is 5.56 Å². The highest BCUT2D eigenvalue weighted by Gasteiger charge is 2.19. The lowest BCUT2D eigenvalue weighted by molar-refractivity contribution is 0.187. The van der Waals surface area contributed by atoms with Crippen molar-refractivity contribution in [1.29, 1.82) is 0 Å². The standard InChI is InChI=1S/C24H21NO2/c1-27-17-16-25-23(19-12-6-3-7-13-19)22(18-10-4-2-5-11-18)20-14-8-9-15-21(20)24(25)26/h2-15H,16-17H2,1H3. The van der Waals surface area contributed by atoms with Gasteiger partial charge in [0.15, 0.2) is 0 Å². The SMILES string of the molecule is COCCn1c(-c2ccccc2)c(-c2ccccc2)c2ccccc2c1=O. The maximum Gasteiger partial charge on any atom is 0.259 e. The maximum absolute atomic E-state index is 13.3. The first-order chi connectivity index (χ1) is 13.3. The van der Waals surface area contributed by atoms with E-state index in [0.717, 1.165) is 33.2 Å². The van der Waals surface area contributed by atoms with Gasteiger partial charge in [0.1, 0.15) is 0 Å². The molecule has 0 aliphatic heterocycles. The van der Waals surface area contributed by atoms with E-state index < -0.39 is 0 Å². The van der Waals surface area contributed by atoms with E-state index in [1.165, 1.54) is 0 Å². The summed E-state index contributed by atoms with van der Waals surface area (Å²) in [5, 5.41) is 1.70. The monoisotopic (exact) mass is 355 g/mol. The number of hydrogen-bond donors (Lipinski definition) is 0. The van der Waals surface area contributed by atoms with Crippen LogP contribution in [0, 0.1) is 0 Å². The van der Waals surface area contributed by atoms with Crippen LogP contribution >= 0.6 is 0 Å². The molecule has 0 unspecified atom stereocenters. The molecule has 134 valence electrons. The second-order valence-electron chi connectivity index (χ2n) is 6.45. The Kier molecular flexibility index (Phi) is 4.86. The van der Waals surface area contributed by atoms with Gasteiger partial charge in [-0.3, -0.25) is 4.79 Å². The van der Waals surface area contributed by atoms with E-state index in [9.17, 15) is 4.79 Å². The summed E-state index contributed by atoms with van der Waals surface area (Å²) in [6.45, 7) is 0.983. The van der Waals surface area contributed by atoms with Gasteiger partial charge in [-0.2, -0.15) is 0 Å². The number of aromatic nitrogens is 1. The Morgan fingerprint density at radius 1 is 0.741 bits per heavy atom. The predicted octanol–water partition coefficient (Wildman–Crippen LogP) is 4.98. The topological polar surface area (TPSA) is 31.2 Å². The molecule has 3 nitrogen and oxygen atoms in total. The molecule has 3 aromatic carbocycles. The van der Waals surface area contributed by atoms with E-state index in [1.54, 1.807) is 7.11 Å². The first-order valence-electron chi connectivity index (χ1n) is 9.06. The molecule has 0 saturated heterocycles. The Bertz CT molecular complexity index is 1120. The normalized spacial score (nSPS) is 11.0. The molecule has 0 saturated carbocycles. The molecule has 4 rings (SSSR count). The van der Waals surface area contributed by atoms with Crippen LogP contribution in [0.25, 0.3) is 33.2 Å². The molecule has 0 radical (unpaired) electrons. The minimum atomic E-state index is 0.0150. The van der Waals surface area contributed by atoms with Gasteiger partial charge in [0.2, 0.25) is 0 Å². The van der Waals surface area contributed by atoms with Crippen LogP contribution in [0.15, 0.2) is 89.7 Å². The molecule has 1 heterocycles. The predicted molar refractivity (Wildman–Crippen MR) is 111 cm³/mol. The molecule has 0 N–H and O–H groups in total. The molecule has 0 spiro atoms. The maximum atomic E-state index is 13.3. The zero-order valence-corrected chi connectivity index (χ0v) is 15.3. The summed E-state index contributed by atoms with van der Waals surface area (Å²) in [6.07, 6.45) is 0. The Labute approximate surface area is 158 Å². The van der Waals surface area contributed by atoms with Crippen molar-refractivity contribution in [1.82, 2.24) is 4.57 Å². The molecule has 27 heavy (non-hydrogen) atoms. The van der Waals surface area contributed by atoms with E-state index in [1.807, 2.05) is 65.2 Å². The molecule has 0 amide bonds. The van der Waals surface area contributed by atoms with Gasteiger partial charge in [-0.1, -0.05) is 78.9 Å². The van der Waals surface area contributed by atoms with Gasteiger partial charge in [0.25, 0.3) is 5.56 Å². The third-order valence-corrected chi connectivity index (χ3v) is 4.81. The number of fused-ring (bicyclic) bond motifs is 1. The summed E-state index contributed by atoms with van der Waals surface area (Å²) in [5.74, 6) is 0. The smallest absolute Gasteiger partial charge is 0.259 e. The first kappa shape index (κ1) is 17.3. The number of ether oxygens (including phenoxy) is 1. The Morgan fingerprint density at radius 2 is 1.30 bits per heavy atom. The second-order valence-corrected chi connectivity index (χ2v) is 6.45. The molecule has 1 aromatic heterocycles. The molecule has 0 bridgehead atoms. The Morgan fingerprint density at radius 3 is 1.93 bits per heavy atom. The van der Waals surface area contributed by atoms with E-state index in [0.29, 0.717) is 13.2 Å².